The smallest absolute Gasteiger partial charge is 0.324 e. The van der Waals surface area contributed by atoms with E-state index in [1.54, 1.807) is 19.1 Å². The quantitative estimate of drug-likeness (QED) is 0.797. The van der Waals surface area contributed by atoms with Gasteiger partial charge in [-0.1, -0.05) is 26.8 Å². The number of benzene rings is 1. The van der Waals surface area contributed by atoms with Gasteiger partial charge in [-0.15, -0.1) is 0 Å². The average molecular weight is 375 g/mol. The van der Waals surface area contributed by atoms with Crippen LogP contribution in [-0.2, 0) is 9.59 Å². The second-order valence-electron chi connectivity index (χ2n) is 8.77. The van der Waals surface area contributed by atoms with E-state index in [0.29, 0.717) is 24.3 Å². The number of rotatable bonds is 3. The highest BCUT2D eigenvalue weighted by Crippen LogP contribution is 2.46. The topological polar surface area (TPSA) is 78.5 Å². The van der Waals surface area contributed by atoms with Gasteiger partial charge in [-0.25, -0.2) is 9.18 Å². The van der Waals surface area contributed by atoms with Crippen LogP contribution in [0.15, 0.2) is 18.2 Å². The molecule has 27 heavy (non-hydrogen) atoms. The molecule has 0 radical (unpaired) electrons. The van der Waals surface area contributed by atoms with Crippen molar-refractivity contribution < 1.29 is 18.8 Å². The van der Waals surface area contributed by atoms with Gasteiger partial charge in [0.25, 0.3) is 5.91 Å². The number of nitrogens with zero attached hydrogens (tertiary/aromatic N) is 1. The molecule has 2 aliphatic rings. The highest BCUT2D eigenvalue weighted by Gasteiger charge is 2.56. The first-order valence-electron chi connectivity index (χ1n) is 9.21. The molecule has 1 heterocycles. The van der Waals surface area contributed by atoms with Crippen LogP contribution >= 0.6 is 0 Å². The Morgan fingerprint density at radius 2 is 2.04 bits per heavy atom. The number of anilines is 1. The predicted octanol–water partition coefficient (Wildman–Crippen LogP) is 3.21. The zero-order chi connectivity index (χ0) is 20.0. The van der Waals surface area contributed by atoms with E-state index < -0.39 is 29.8 Å². The van der Waals surface area contributed by atoms with E-state index >= 15 is 0 Å². The first-order chi connectivity index (χ1) is 12.5. The van der Waals surface area contributed by atoms with Crippen molar-refractivity contribution in [3.8, 4) is 0 Å². The molecule has 3 rings (SSSR count). The summed E-state index contributed by atoms with van der Waals surface area (Å²) in [5.41, 5.74) is -0.248. The fourth-order valence-corrected chi connectivity index (χ4v) is 4.66. The van der Waals surface area contributed by atoms with E-state index in [2.05, 4.69) is 31.4 Å². The molecule has 0 bridgehead atoms. The SMILES string of the molecule is Cc1ccc(NC(=O)CN2C(=O)N[C@@]3(C[C@@H](C)CC(C)(C)C3)C2=O)cc1F. The zero-order valence-electron chi connectivity index (χ0n) is 16.2. The fraction of sp³-hybridized carbons (Fsp3) is 0.550. The lowest BCUT2D eigenvalue weighted by Crippen LogP contribution is -2.54. The molecule has 1 aliphatic heterocycles. The van der Waals surface area contributed by atoms with Crippen LogP contribution in [-0.4, -0.2) is 34.8 Å². The zero-order valence-corrected chi connectivity index (χ0v) is 16.2. The van der Waals surface area contributed by atoms with Crippen molar-refractivity contribution in [2.24, 2.45) is 11.3 Å². The molecule has 2 atom stereocenters. The Morgan fingerprint density at radius 1 is 1.33 bits per heavy atom. The Hall–Kier alpha value is -2.44. The molecular formula is C20H26FN3O3. The van der Waals surface area contributed by atoms with Gasteiger partial charge >= 0.3 is 6.03 Å². The molecule has 1 saturated heterocycles. The first-order valence-corrected chi connectivity index (χ1v) is 9.21. The summed E-state index contributed by atoms with van der Waals surface area (Å²) < 4.78 is 13.6. The van der Waals surface area contributed by atoms with Crippen LogP contribution in [0.25, 0.3) is 0 Å². The van der Waals surface area contributed by atoms with Crippen LogP contribution < -0.4 is 10.6 Å². The minimum Gasteiger partial charge on any atom is -0.324 e. The van der Waals surface area contributed by atoms with Crippen molar-refractivity contribution in [2.75, 3.05) is 11.9 Å². The van der Waals surface area contributed by atoms with Crippen molar-refractivity contribution in [3.05, 3.63) is 29.6 Å². The summed E-state index contributed by atoms with van der Waals surface area (Å²) in [5, 5.41) is 5.38. The van der Waals surface area contributed by atoms with Crippen LogP contribution in [0.2, 0.25) is 0 Å². The number of hydrogen-bond acceptors (Lipinski definition) is 3. The first kappa shape index (κ1) is 19.3. The van der Waals surface area contributed by atoms with E-state index in [1.807, 2.05) is 0 Å². The van der Waals surface area contributed by atoms with Crippen molar-refractivity contribution >= 4 is 23.5 Å². The monoisotopic (exact) mass is 375 g/mol. The number of imide groups is 1. The van der Waals surface area contributed by atoms with Gasteiger partial charge in [-0.3, -0.25) is 14.5 Å². The number of carbonyl (C=O) groups excluding carboxylic acids is 3. The molecule has 2 fully saturated rings. The van der Waals surface area contributed by atoms with Crippen molar-refractivity contribution in [1.82, 2.24) is 10.2 Å². The minimum absolute atomic E-state index is 0.0711. The van der Waals surface area contributed by atoms with Crippen LogP contribution in [0.4, 0.5) is 14.9 Å². The van der Waals surface area contributed by atoms with Crippen LogP contribution in [0, 0.1) is 24.1 Å². The Balaban J connectivity index is 1.72. The molecule has 0 unspecified atom stereocenters. The summed E-state index contributed by atoms with van der Waals surface area (Å²) in [6.45, 7) is 7.48. The third-order valence-electron chi connectivity index (χ3n) is 5.38. The van der Waals surface area contributed by atoms with Crippen LogP contribution in [0.5, 0.6) is 0 Å². The lowest BCUT2D eigenvalue weighted by atomic mass is 9.64. The van der Waals surface area contributed by atoms with Crippen LogP contribution in [0.3, 0.4) is 0 Å². The maximum atomic E-state index is 13.6. The van der Waals surface area contributed by atoms with Gasteiger partial charge in [-0.2, -0.15) is 0 Å². The number of halogens is 1. The Kier molecular flexibility index (Phi) is 4.74. The molecule has 2 N–H and O–H groups in total. The van der Waals surface area contributed by atoms with Gasteiger partial charge in [-0.05, 0) is 55.2 Å². The molecule has 7 heteroatoms. The largest absolute Gasteiger partial charge is 0.325 e. The summed E-state index contributed by atoms with van der Waals surface area (Å²) in [7, 11) is 0. The lowest BCUT2D eigenvalue weighted by molar-refractivity contribution is -0.136. The lowest BCUT2D eigenvalue weighted by Gasteiger charge is -2.43. The van der Waals surface area contributed by atoms with Gasteiger partial charge < -0.3 is 10.6 Å². The van der Waals surface area contributed by atoms with E-state index in [4.69, 9.17) is 0 Å². The average Bonchev–Trinajstić information content (AvgIpc) is 2.72. The van der Waals surface area contributed by atoms with E-state index in [9.17, 15) is 18.8 Å². The molecule has 146 valence electrons. The number of hydrogen-bond donors (Lipinski definition) is 2. The fourth-order valence-electron chi connectivity index (χ4n) is 4.66. The maximum Gasteiger partial charge on any atom is 0.325 e. The maximum absolute atomic E-state index is 13.6. The molecule has 1 aliphatic carbocycles. The number of amides is 4. The van der Waals surface area contributed by atoms with E-state index in [-0.39, 0.29) is 17.0 Å². The van der Waals surface area contributed by atoms with Gasteiger partial charge in [0.05, 0.1) is 0 Å². The second kappa shape index (κ2) is 6.62. The van der Waals surface area contributed by atoms with Crippen molar-refractivity contribution in [3.63, 3.8) is 0 Å². The van der Waals surface area contributed by atoms with Gasteiger partial charge in [0.15, 0.2) is 0 Å². The summed E-state index contributed by atoms with van der Waals surface area (Å²) >= 11 is 0. The summed E-state index contributed by atoms with van der Waals surface area (Å²) in [6, 6.07) is 3.80. The molecule has 4 amide bonds. The molecule has 1 aromatic rings. The summed E-state index contributed by atoms with van der Waals surface area (Å²) in [6.07, 6.45) is 2.11. The molecule has 1 saturated carbocycles. The highest BCUT2D eigenvalue weighted by molar-refractivity contribution is 6.10. The Labute approximate surface area is 158 Å². The molecule has 1 spiro atoms. The molecular weight excluding hydrogens is 349 g/mol. The normalized spacial score (nSPS) is 27.0. The minimum atomic E-state index is -0.936. The standard InChI is InChI=1S/C20H26FN3O3/c1-12-8-19(3,4)11-20(9-12)17(26)24(18(27)23-20)10-16(25)22-14-6-5-13(2)15(21)7-14/h5-7,12H,8-11H2,1-4H3,(H,22,25)(H,23,27)/t12-,20+/m0/s1. The third kappa shape index (κ3) is 3.82. The van der Waals surface area contributed by atoms with Crippen molar-refractivity contribution in [1.29, 1.82) is 0 Å². The third-order valence-corrected chi connectivity index (χ3v) is 5.38. The summed E-state index contributed by atoms with van der Waals surface area (Å²) in [4.78, 5) is 38.7. The predicted molar refractivity (Wildman–Crippen MR) is 99.5 cm³/mol. The van der Waals surface area contributed by atoms with Crippen molar-refractivity contribution in [2.45, 2.75) is 52.5 Å². The summed E-state index contributed by atoms with van der Waals surface area (Å²) in [5.74, 6) is -1.03. The second-order valence-corrected chi connectivity index (χ2v) is 8.77. The number of carbonyl (C=O) groups is 3. The van der Waals surface area contributed by atoms with E-state index in [1.165, 1.54) is 6.07 Å². The van der Waals surface area contributed by atoms with E-state index in [0.717, 1.165) is 11.3 Å². The Bertz CT molecular complexity index is 808. The van der Waals surface area contributed by atoms with Gasteiger partial charge in [0, 0.05) is 5.69 Å². The van der Waals surface area contributed by atoms with Crippen LogP contribution in [0.1, 0.15) is 45.6 Å². The molecule has 6 nitrogen and oxygen atoms in total. The highest BCUT2D eigenvalue weighted by atomic mass is 19.1. The van der Waals surface area contributed by atoms with Gasteiger partial charge in [0.2, 0.25) is 5.91 Å². The molecule has 0 aromatic heterocycles. The number of urea groups is 1. The number of aryl methyl sites for hydroxylation is 1. The Morgan fingerprint density at radius 3 is 2.67 bits per heavy atom. The van der Waals surface area contributed by atoms with Gasteiger partial charge in [0.1, 0.15) is 17.9 Å². The molecule has 1 aromatic carbocycles. The number of nitrogens with one attached hydrogen (secondary N) is 2.